The summed E-state index contributed by atoms with van der Waals surface area (Å²) in [4.78, 5) is 6.61. The third-order valence-corrected chi connectivity index (χ3v) is 4.25. The van der Waals surface area contributed by atoms with Gasteiger partial charge in [0.15, 0.2) is 5.82 Å². The summed E-state index contributed by atoms with van der Waals surface area (Å²) in [6, 6.07) is 7.55. The summed E-state index contributed by atoms with van der Waals surface area (Å²) < 4.78 is 18.6. The highest BCUT2D eigenvalue weighted by Crippen LogP contribution is 2.25. The first-order valence-corrected chi connectivity index (χ1v) is 7.95. The second-order valence-electron chi connectivity index (χ2n) is 6.35. The first-order chi connectivity index (χ1) is 10.6. The zero-order valence-electron chi connectivity index (χ0n) is 13.1. The Morgan fingerprint density at radius 2 is 2.09 bits per heavy atom. The van der Waals surface area contributed by atoms with Gasteiger partial charge in [-0.2, -0.15) is 4.98 Å². The molecule has 0 unspecified atom stereocenters. The van der Waals surface area contributed by atoms with Gasteiger partial charge in [0.25, 0.3) is 0 Å². The number of anilines is 1. The lowest BCUT2D eigenvalue weighted by Crippen LogP contribution is -2.34. The van der Waals surface area contributed by atoms with Crippen molar-refractivity contribution in [3.63, 3.8) is 0 Å². The maximum Gasteiger partial charge on any atom is 0.324 e. The third kappa shape index (κ3) is 3.46. The van der Waals surface area contributed by atoms with Crippen molar-refractivity contribution in [2.24, 2.45) is 5.92 Å². The number of piperidine rings is 1. The number of benzene rings is 1. The highest BCUT2D eigenvalue weighted by molar-refractivity contribution is 5.26. The van der Waals surface area contributed by atoms with E-state index in [1.165, 1.54) is 6.07 Å². The maximum absolute atomic E-state index is 13.2. The highest BCUT2D eigenvalue weighted by atomic mass is 19.1. The summed E-state index contributed by atoms with van der Waals surface area (Å²) in [5, 5.41) is 4.02. The summed E-state index contributed by atoms with van der Waals surface area (Å²) in [6.07, 6.45) is 3.07. The minimum absolute atomic E-state index is 0.151. The summed E-state index contributed by atoms with van der Waals surface area (Å²) in [5.41, 5.74) is 1.08. The molecule has 1 fully saturated rings. The zero-order chi connectivity index (χ0) is 15.5. The van der Waals surface area contributed by atoms with Crippen LogP contribution in [-0.4, -0.2) is 23.2 Å². The van der Waals surface area contributed by atoms with Crippen LogP contribution < -0.4 is 4.90 Å². The minimum atomic E-state index is -0.151. The molecule has 3 rings (SSSR count). The molecule has 1 aliphatic heterocycles. The van der Waals surface area contributed by atoms with Crippen LogP contribution in [0.4, 0.5) is 10.4 Å². The van der Waals surface area contributed by atoms with Gasteiger partial charge in [-0.05, 0) is 42.9 Å². The standard InChI is InChI=1S/C17H22FN3O/c1-12(2)16-19-17(22-20-16)21-8-6-13(7-9-21)10-14-4-3-5-15(18)11-14/h3-5,11-13H,6-10H2,1-2H3. The van der Waals surface area contributed by atoms with Gasteiger partial charge in [-0.3, -0.25) is 0 Å². The van der Waals surface area contributed by atoms with Gasteiger partial charge in [0, 0.05) is 19.0 Å². The van der Waals surface area contributed by atoms with E-state index in [0.29, 0.717) is 11.9 Å². The van der Waals surface area contributed by atoms with E-state index in [0.717, 1.165) is 43.7 Å². The molecular formula is C17H22FN3O. The van der Waals surface area contributed by atoms with Crippen molar-refractivity contribution in [2.75, 3.05) is 18.0 Å². The first kappa shape index (κ1) is 15.0. The van der Waals surface area contributed by atoms with Crippen molar-refractivity contribution in [1.82, 2.24) is 10.1 Å². The second kappa shape index (κ2) is 6.46. The van der Waals surface area contributed by atoms with E-state index in [9.17, 15) is 4.39 Å². The minimum Gasteiger partial charge on any atom is -0.324 e. The second-order valence-corrected chi connectivity index (χ2v) is 6.35. The van der Waals surface area contributed by atoms with E-state index >= 15 is 0 Å². The van der Waals surface area contributed by atoms with Crippen molar-refractivity contribution in [3.05, 3.63) is 41.5 Å². The average molecular weight is 303 g/mol. The van der Waals surface area contributed by atoms with Gasteiger partial charge in [-0.25, -0.2) is 4.39 Å². The zero-order valence-corrected chi connectivity index (χ0v) is 13.1. The number of hydrogen-bond donors (Lipinski definition) is 0. The fraction of sp³-hybridized carbons (Fsp3) is 0.529. The third-order valence-electron chi connectivity index (χ3n) is 4.25. The van der Waals surface area contributed by atoms with Crippen LogP contribution in [0.1, 0.15) is 44.0 Å². The summed E-state index contributed by atoms with van der Waals surface area (Å²) in [6.45, 7) is 5.94. The van der Waals surface area contributed by atoms with E-state index in [4.69, 9.17) is 4.52 Å². The number of halogens is 1. The van der Waals surface area contributed by atoms with Crippen molar-refractivity contribution in [1.29, 1.82) is 0 Å². The molecule has 0 amide bonds. The Kier molecular flexibility index (Phi) is 4.41. The molecule has 0 saturated carbocycles. The van der Waals surface area contributed by atoms with Gasteiger partial charge in [0.1, 0.15) is 5.82 Å². The lowest BCUT2D eigenvalue weighted by Gasteiger charge is -2.30. The Labute approximate surface area is 130 Å². The van der Waals surface area contributed by atoms with Gasteiger partial charge in [0.05, 0.1) is 0 Å². The molecule has 5 heteroatoms. The van der Waals surface area contributed by atoms with Crippen molar-refractivity contribution >= 4 is 6.01 Å². The van der Waals surface area contributed by atoms with Crippen LogP contribution in [0, 0.1) is 11.7 Å². The molecule has 0 atom stereocenters. The normalized spacial score (nSPS) is 16.5. The fourth-order valence-electron chi connectivity index (χ4n) is 2.92. The van der Waals surface area contributed by atoms with E-state index < -0.39 is 0 Å². The smallest absolute Gasteiger partial charge is 0.324 e. The van der Waals surface area contributed by atoms with E-state index in [-0.39, 0.29) is 11.7 Å². The van der Waals surface area contributed by atoms with Crippen LogP contribution in [-0.2, 0) is 6.42 Å². The molecule has 0 aliphatic carbocycles. The number of nitrogens with zero attached hydrogens (tertiary/aromatic N) is 3. The molecule has 0 bridgehead atoms. The number of aromatic nitrogens is 2. The van der Waals surface area contributed by atoms with Crippen LogP contribution >= 0.6 is 0 Å². The number of rotatable bonds is 4. The van der Waals surface area contributed by atoms with Crippen LogP contribution in [0.15, 0.2) is 28.8 Å². The van der Waals surface area contributed by atoms with E-state index in [2.05, 4.69) is 28.9 Å². The fourth-order valence-corrected chi connectivity index (χ4v) is 2.92. The summed E-state index contributed by atoms with van der Waals surface area (Å²) in [7, 11) is 0. The summed E-state index contributed by atoms with van der Waals surface area (Å²) in [5.74, 6) is 1.48. The summed E-state index contributed by atoms with van der Waals surface area (Å²) >= 11 is 0. The monoisotopic (exact) mass is 303 g/mol. The molecule has 0 radical (unpaired) electrons. The molecule has 1 saturated heterocycles. The number of hydrogen-bond acceptors (Lipinski definition) is 4. The topological polar surface area (TPSA) is 42.2 Å². The van der Waals surface area contributed by atoms with Crippen LogP contribution in [0.5, 0.6) is 0 Å². The van der Waals surface area contributed by atoms with Crippen LogP contribution in [0.3, 0.4) is 0 Å². The van der Waals surface area contributed by atoms with Gasteiger partial charge in [-0.1, -0.05) is 31.1 Å². The SMILES string of the molecule is CC(C)c1noc(N2CCC(Cc3cccc(F)c3)CC2)n1. The van der Waals surface area contributed by atoms with E-state index in [1.807, 2.05) is 6.07 Å². The molecule has 2 heterocycles. The molecule has 118 valence electrons. The lowest BCUT2D eigenvalue weighted by atomic mass is 9.90. The molecule has 22 heavy (non-hydrogen) atoms. The van der Waals surface area contributed by atoms with Crippen LogP contribution in [0.25, 0.3) is 0 Å². The molecule has 1 aromatic heterocycles. The molecule has 2 aromatic rings. The Bertz CT molecular complexity index is 618. The van der Waals surface area contributed by atoms with Crippen molar-refractivity contribution in [2.45, 2.75) is 39.0 Å². The first-order valence-electron chi connectivity index (χ1n) is 7.95. The molecule has 4 nitrogen and oxygen atoms in total. The largest absolute Gasteiger partial charge is 0.324 e. The Hall–Kier alpha value is -1.91. The van der Waals surface area contributed by atoms with Gasteiger partial charge >= 0.3 is 6.01 Å². The predicted molar refractivity (Wildman–Crippen MR) is 83.4 cm³/mol. The van der Waals surface area contributed by atoms with Gasteiger partial charge in [0.2, 0.25) is 0 Å². The Morgan fingerprint density at radius 1 is 1.32 bits per heavy atom. The predicted octanol–water partition coefficient (Wildman–Crippen LogP) is 3.79. The molecule has 1 aliphatic rings. The van der Waals surface area contributed by atoms with Gasteiger partial charge in [-0.15, -0.1) is 0 Å². The highest BCUT2D eigenvalue weighted by Gasteiger charge is 2.23. The van der Waals surface area contributed by atoms with Crippen LogP contribution in [0.2, 0.25) is 0 Å². The molecule has 1 aromatic carbocycles. The lowest BCUT2D eigenvalue weighted by molar-refractivity contribution is 0.359. The van der Waals surface area contributed by atoms with Crippen molar-refractivity contribution in [3.8, 4) is 0 Å². The molecule has 0 spiro atoms. The van der Waals surface area contributed by atoms with E-state index in [1.54, 1.807) is 12.1 Å². The Balaban J connectivity index is 1.55. The maximum atomic E-state index is 13.2. The molecular weight excluding hydrogens is 281 g/mol. The average Bonchev–Trinajstić information content (AvgIpc) is 2.98. The molecule has 0 N–H and O–H groups in total. The quantitative estimate of drug-likeness (QED) is 0.862. The van der Waals surface area contributed by atoms with Gasteiger partial charge < -0.3 is 9.42 Å². The van der Waals surface area contributed by atoms with Crippen molar-refractivity contribution < 1.29 is 8.91 Å². The Morgan fingerprint density at radius 3 is 2.73 bits per heavy atom.